The van der Waals surface area contributed by atoms with Crippen LogP contribution in [0, 0.1) is 5.92 Å². The second-order valence-corrected chi connectivity index (χ2v) is 4.95. The molecule has 1 unspecified atom stereocenters. The molecule has 0 spiro atoms. The normalized spacial score (nSPS) is 13.6. The molecular weight excluding hydrogens is 216 g/mol. The topological polar surface area (TPSA) is 54.2 Å². The zero-order valence-corrected chi connectivity index (χ0v) is 11.5. The van der Waals surface area contributed by atoms with Crippen LogP contribution in [0.2, 0.25) is 0 Å². The Balaban J connectivity index is 2.57. The summed E-state index contributed by atoms with van der Waals surface area (Å²) in [5.41, 5.74) is 0. The highest BCUT2D eigenvalue weighted by molar-refractivity contribution is 4.90. The first-order valence-electron chi connectivity index (χ1n) is 6.22. The van der Waals surface area contributed by atoms with E-state index in [-0.39, 0.29) is 0 Å². The molecule has 0 amide bonds. The van der Waals surface area contributed by atoms with Crippen LogP contribution in [0.25, 0.3) is 0 Å². The first-order valence-corrected chi connectivity index (χ1v) is 6.22. The van der Waals surface area contributed by atoms with Crippen LogP contribution < -0.4 is 5.32 Å². The molecule has 0 saturated carbocycles. The van der Waals surface area contributed by atoms with E-state index in [1.165, 1.54) is 0 Å². The lowest BCUT2D eigenvalue weighted by molar-refractivity contribution is 0.321. The second kappa shape index (κ2) is 6.71. The predicted octanol–water partition coefficient (Wildman–Crippen LogP) is 1.31. The van der Waals surface area contributed by atoms with E-state index in [9.17, 15) is 0 Å². The molecule has 0 fully saturated rings. The van der Waals surface area contributed by atoms with E-state index in [2.05, 4.69) is 36.2 Å². The lowest BCUT2D eigenvalue weighted by Gasteiger charge is -2.19. The standard InChI is InChI=1S/C12H24N4O/c1-6-13-10(9(2)3)7-12-14-11(15-17-12)8-16(4)5/h9-10,13H,6-8H2,1-5H3. The third-order valence-corrected chi connectivity index (χ3v) is 2.63. The summed E-state index contributed by atoms with van der Waals surface area (Å²) in [7, 11) is 3.98. The average molecular weight is 240 g/mol. The van der Waals surface area contributed by atoms with Crippen LogP contribution in [-0.2, 0) is 13.0 Å². The van der Waals surface area contributed by atoms with E-state index in [1.54, 1.807) is 0 Å². The molecule has 1 aromatic heterocycles. The van der Waals surface area contributed by atoms with Crippen LogP contribution in [0.3, 0.4) is 0 Å². The first kappa shape index (κ1) is 14.1. The number of rotatable bonds is 7. The Hall–Kier alpha value is -0.940. The van der Waals surface area contributed by atoms with Gasteiger partial charge in [0.1, 0.15) is 0 Å². The molecule has 1 N–H and O–H groups in total. The van der Waals surface area contributed by atoms with Gasteiger partial charge in [-0.25, -0.2) is 0 Å². The Morgan fingerprint density at radius 1 is 1.35 bits per heavy atom. The Bertz CT molecular complexity index is 322. The van der Waals surface area contributed by atoms with Gasteiger partial charge < -0.3 is 14.7 Å². The molecular formula is C12H24N4O. The van der Waals surface area contributed by atoms with Gasteiger partial charge in [-0.2, -0.15) is 4.98 Å². The molecule has 17 heavy (non-hydrogen) atoms. The lowest BCUT2D eigenvalue weighted by Crippen LogP contribution is -2.35. The van der Waals surface area contributed by atoms with E-state index < -0.39 is 0 Å². The SMILES string of the molecule is CCNC(Cc1nc(CN(C)C)no1)C(C)C. The minimum absolute atomic E-state index is 0.396. The zero-order valence-electron chi connectivity index (χ0n) is 11.5. The zero-order chi connectivity index (χ0) is 12.8. The summed E-state index contributed by atoms with van der Waals surface area (Å²) >= 11 is 0. The molecule has 0 aliphatic heterocycles. The molecule has 0 radical (unpaired) electrons. The number of nitrogens with one attached hydrogen (secondary N) is 1. The van der Waals surface area contributed by atoms with Crippen LogP contribution in [0.15, 0.2) is 4.52 Å². The molecule has 0 aliphatic rings. The Morgan fingerprint density at radius 3 is 2.59 bits per heavy atom. The Morgan fingerprint density at radius 2 is 2.06 bits per heavy atom. The summed E-state index contributed by atoms with van der Waals surface area (Å²) in [4.78, 5) is 6.42. The summed E-state index contributed by atoms with van der Waals surface area (Å²) < 4.78 is 5.26. The molecule has 0 aromatic carbocycles. The van der Waals surface area contributed by atoms with Crippen molar-refractivity contribution in [1.82, 2.24) is 20.4 Å². The van der Waals surface area contributed by atoms with Gasteiger partial charge >= 0.3 is 0 Å². The second-order valence-electron chi connectivity index (χ2n) is 4.95. The molecule has 5 nitrogen and oxygen atoms in total. The van der Waals surface area contributed by atoms with E-state index in [0.29, 0.717) is 12.0 Å². The van der Waals surface area contributed by atoms with Gasteiger partial charge in [0.2, 0.25) is 5.89 Å². The number of hydrogen-bond donors (Lipinski definition) is 1. The highest BCUT2D eigenvalue weighted by Gasteiger charge is 2.17. The molecule has 5 heteroatoms. The lowest BCUT2D eigenvalue weighted by atomic mass is 10.0. The molecule has 1 atom stereocenters. The van der Waals surface area contributed by atoms with E-state index in [4.69, 9.17) is 4.52 Å². The number of hydrogen-bond acceptors (Lipinski definition) is 5. The first-order chi connectivity index (χ1) is 8.02. The van der Waals surface area contributed by atoms with Gasteiger partial charge in [-0.15, -0.1) is 0 Å². The number of aromatic nitrogens is 2. The van der Waals surface area contributed by atoms with Gasteiger partial charge in [0.05, 0.1) is 6.54 Å². The minimum Gasteiger partial charge on any atom is -0.339 e. The maximum Gasteiger partial charge on any atom is 0.228 e. The largest absolute Gasteiger partial charge is 0.339 e. The van der Waals surface area contributed by atoms with Crippen LogP contribution in [0.1, 0.15) is 32.5 Å². The third-order valence-electron chi connectivity index (χ3n) is 2.63. The molecule has 1 rings (SSSR count). The fraction of sp³-hybridized carbons (Fsp3) is 0.833. The number of likely N-dealkylation sites (N-methyl/N-ethyl adjacent to an activating group) is 1. The molecule has 98 valence electrons. The predicted molar refractivity (Wildman–Crippen MR) is 67.7 cm³/mol. The number of nitrogens with zero attached hydrogens (tertiary/aromatic N) is 3. The summed E-state index contributed by atoms with van der Waals surface area (Å²) in [5, 5.41) is 7.42. The third kappa shape index (κ3) is 4.83. The maximum absolute atomic E-state index is 5.26. The van der Waals surface area contributed by atoms with Crippen molar-refractivity contribution >= 4 is 0 Å². The van der Waals surface area contributed by atoms with Gasteiger partial charge in [0.15, 0.2) is 5.82 Å². The molecule has 1 aromatic rings. The quantitative estimate of drug-likeness (QED) is 0.778. The Kier molecular flexibility index (Phi) is 5.58. The van der Waals surface area contributed by atoms with Crippen molar-refractivity contribution in [3.63, 3.8) is 0 Å². The van der Waals surface area contributed by atoms with Crippen molar-refractivity contribution in [1.29, 1.82) is 0 Å². The van der Waals surface area contributed by atoms with Gasteiger partial charge in [-0.3, -0.25) is 0 Å². The molecule has 0 bridgehead atoms. The fourth-order valence-corrected chi connectivity index (χ4v) is 1.71. The summed E-state index contributed by atoms with van der Waals surface area (Å²) in [6, 6.07) is 0.396. The van der Waals surface area contributed by atoms with Gasteiger partial charge in [0, 0.05) is 12.5 Å². The van der Waals surface area contributed by atoms with Gasteiger partial charge in [0.25, 0.3) is 0 Å². The van der Waals surface area contributed by atoms with Crippen molar-refractivity contribution < 1.29 is 4.52 Å². The van der Waals surface area contributed by atoms with Gasteiger partial charge in [-0.1, -0.05) is 25.9 Å². The van der Waals surface area contributed by atoms with Crippen LogP contribution >= 0.6 is 0 Å². The monoisotopic (exact) mass is 240 g/mol. The van der Waals surface area contributed by atoms with Crippen molar-refractivity contribution in [2.45, 2.75) is 39.8 Å². The van der Waals surface area contributed by atoms with E-state index >= 15 is 0 Å². The fourth-order valence-electron chi connectivity index (χ4n) is 1.71. The summed E-state index contributed by atoms with van der Waals surface area (Å²) in [6.45, 7) is 8.19. The smallest absolute Gasteiger partial charge is 0.228 e. The van der Waals surface area contributed by atoms with Crippen LogP contribution in [0.5, 0.6) is 0 Å². The minimum atomic E-state index is 0.396. The summed E-state index contributed by atoms with van der Waals surface area (Å²) in [5.74, 6) is 2.03. The van der Waals surface area contributed by atoms with Gasteiger partial charge in [-0.05, 0) is 26.6 Å². The molecule has 0 aliphatic carbocycles. The average Bonchev–Trinajstić information content (AvgIpc) is 2.63. The van der Waals surface area contributed by atoms with Crippen molar-refractivity contribution in [3.8, 4) is 0 Å². The maximum atomic E-state index is 5.26. The molecule has 1 heterocycles. The highest BCUT2D eigenvalue weighted by Crippen LogP contribution is 2.09. The van der Waals surface area contributed by atoms with Crippen molar-refractivity contribution in [2.75, 3.05) is 20.6 Å². The van der Waals surface area contributed by atoms with Crippen LogP contribution in [-0.4, -0.2) is 41.7 Å². The molecule has 0 saturated heterocycles. The highest BCUT2D eigenvalue weighted by atomic mass is 16.5. The van der Waals surface area contributed by atoms with Crippen LogP contribution in [0.4, 0.5) is 0 Å². The van der Waals surface area contributed by atoms with E-state index in [0.717, 1.165) is 31.2 Å². The summed E-state index contributed by atoms with van der Waals surface area (Å²) in [6.07, 6.45) is 0.798. The van der Waals surface area contributed by atoms with E-state index in [1.807, 2.05) is 19.0 Å². The Labute approximate surface area is 104 Å². The van der Waals surface area contributed by atoms with Crippen molar-refractivity contribution in [3.05, 3.63) is 11.7 Å². The van der Waals surface area contributed by atoms with Crippen molar-refractivity contribution in [2.24, 2.45) is 5.92 Å².